The molecule has 3 rings (SSSR count). The molecule has 0 saturated heterocycles. The Balaban J connectivity index is 1.92. The highest BCUT2D eigenvalue weighted by molar-refractivity contribution is 7.92. The van der Waals surface area contributed by atoms with Crippen LogP contribution in [0.5, 0.6) is 5.75 Å². The van der Waals surface area contributed by atoms with Crippen molar-refractivity contribution in [3.8, 4) is 5.75 Å². The normalized spacial score (nSPS) is 13.7. The van der Waals surface area contributed by atoms with Crippen LogP contribution in [0.3, 0.4) is 0 Å². The van der Waals surface area contributed by atoms with Crippen molar-refractivity contribution in [1.82, 2.24) is 9.97 Å². The average molecular weight is 312 g/mol. The lowest BCUT2D eigenvalue weighted by Gasteiger charge is -2.08. The van der Waals surface area contributed by atoms with E-state index in [1.54, 1.807) is 12.1 Å². The Labute approximate surface area is 120 Å². The van der Waals surface area contributed by atoms with E-state index in [4.69, 9.17) is 16.3 Å². The maximum Gasteiger partial charge on any atom is 0.263 e. The van der Waals surface area contributed by atoms with Gasteiger partial charge in [-0.25, -0.2) is 13.4 Å². The second-order valence-electron chi connectivity index (χ2n) is 4.20. The lowest BCUT2D eigenvalue weighted by Crippen LogP contribution is -2.14. The molecule has 6 nitrogen and oxygen atoms in total. The molecule has 0 saturated carbocycles. The van der Waals surface area contributed by atoms with Gasteiger partial charge >= 0.3 is 0 Å². The van der Waals surface area contributed by atoms with Crippen molar-refractivity contribution in [3.63, 3.8) is 0 Å². The third-order valence-electron chi connectivity index (χ3n) is 2.82. The summed E-state index contributed by atoms with van der Waals surface area (Å²) in [6.45, 7) is 0.575. The second kappa shape index (κ2) is 4.92. The van der Waals surface area contributed by atoms with Gasteiger partial charge in [-0.1, -0.05) is 11.6 Å². The summed E-state index contributed by atoms with van der Waals surface area (Å²) in [5.74, 6) is 0.806. The number of nitrogens with zero attached hydrogens (tertiary/aromatic N) is 2. The van der Waals surface area contributed by atoms with E-state index >= 15 is 0 Å². The van der Waals surface area contributed by atoms with Crippen molar-refractivity contribution in [1.29, 1.82) is 0 Å². The van der Waals surface area contributed by atoms with Gasteiger partial charge in [0.2, 0.25) is 0 Å². The lowest BCUT2D eigenvalue weighted by atomic mass is 10.2. The van der Waals surface area contributed by atoms with Crippen molar-refractivity contribution >= 4 is 27.4 Å². The van der Waals surface area contributed by atoms with Gasteiger partial charge in [-0.3, -0.25) is 9.71 Å². The quantitative estimate of drug-likeness (QED) is 0.935. The molecule has 1 N–H and O–H groups in total. The van der Waals surface area contributed by atoms with Gasteiger partial charge in [0.1, 0.15) is 10.9 Å². The average Bonchev–Trinajstić information content (AvgIpc) is 2.85. The molecule has 0 radical (unpaired) electrons. The third kappa shape index (κ3) is 2.54. The van der Waals surface area contributed by atoms with E-state index in [1.807, 2.05) is 0 Å². The predicted molar refractivity (Wildman–Crippen MR) is 73.5 cm³/mol. The molecule has 0 amide bonds. The summed E-state index contributed by atoms with van der Waals surface area (Å²) < 4.78 is 32.2. The number of benzene rings is 1. The molecule has 0 unspecified atom stereocenters. The lowest BCUT2D eigenvalue weighted by molar-refractivity contribution is 0.356. The summed E-state index contributed by atoms with van der Waals surface area (Å²) >= 11 is 5.67. The SMILES string of the molecule is O=S(=O)(Nc1cncc(Cl)n1)c1ccc2c(c1)CCO2. The minimum atomic E-state index is -3.72. The van der Waals surface area contributed by atoms with Crippen LogP contribution in [0.4, 0.5) is 5.82 Å². The van der Waals surface area contributed by atoms with Gasteiger partial charge in [0, 0.05) is 6.42 Å². The van der Waals surface area contributed by atoms with Crippen LogP contribution in [0.1, 0.15) is 5.56 Å². The molecule has 1 aromatic heterocycles. The Morgan fingerprint density at radius 2 is 2.15 bits per heavy atom. The highest BCUT2D eigenvalue weighted by Crippen LogP contribution is 2.28. The Hall–Kier alpha value is -1.86. The van der Waals surface area contributed by atoms with Crippen LogP contribution in [0.15, 0.2) is 35.5 Å². The molecule has 1 aliphatic rings. The van der Waals surface area contributed by atoms with Crippen LogP contribution in [0.25, 0.3) is 0 Å². The number of anilines is 1. The minimum Gasteiger partial charge on any atom is -0.493 e. The van der Waals surface area contributed by atoms with E-state index in [2.05, 4.69) is 14.7 Å². The van der Waals surface area contributed by atoms with E-state index in [1.165, 1.54) is 18.5 Å². The number of aromatic nitrogens is 2. The van der Waals surface area contributed by atoms with Crippen molar-refractivity contribution in [2.24, 2.45) is 0 Å². The smallest absolute Gasteiger partial charge is 0.263 e. The van der Waals surface area contributed by atoms with Gasteiger partial charge in [0.15, 0.2) is 5.82 Å². The van der Waals surface area contributed by atoms with Crippen molar-refractivity contribution in [2.45, 2.75) is 11.3 Å². The Bertz CT molecular complexity index is 764. The Kier molecular flexibility index (Phi) is 3.23. The molecule has 1 aliphatic heterocycles. The summed E-state index contributed by atoms with van der Waals surface area (Å²) in [6, 6.07) is 4.74. The van der Waals surface area contributed by atoms with Crippen LogP contribution >= 0.6 is 11.6 Å². The first-order chi connectivity index (χ1) is 9.54. The number of fused-ring (bicyclic) bond motifs is 1. The summed E-state index contributed by atoms with van der Waals surface area (Å²) in [4.78, 5) is 7.78. The van der Waals surface area contributed by atoms with Crippen LogP contribution in [0.2, 0.25) is 5.15 Å². The first-order valence-corrected chi connectivity index (χ1v) is 7.67. The zero-order valence-corrected chi connectivity index (χ0v) is 11.8. The van der Waals surface area contributed by atoms with E-state index in [-0.39, 0.29) is 15.9 Å². The monoisotopic (exact) mass is 311 g/mol. The fourth-order valence-corrected chi connectivity index (χ4v) is 3.10. The van der Waals surface area contributed by atoms with Crippen molar-refractivity contribution in [3.05, 3.63) is 41.3 Å². The summed E-state index contributed by atoms with van der Waals surface area (Å²) in [6.07, 6.45) is 3.32. The van der Waals surface area contributed by atoms with Crippen LogP contribution in [-0.4, -0.2) is 25.0 Å². The highest BCUT2D eigenvalue weighted by Gasteiger charge is 2.19. The topological polar surface area (TPSA) is 81.2 Å². The largest absolute Gasteiger partial charge is 0.493 e. The molecular weight excluding hydrogens is 302 g/mol. The number of ether oxygens (including phenoxy) is 1. The number of rotatable bonds is 3. The minimum absolute atomic E-state index is 0.0780. The molecule has 104 valence electrons. The molecular formula is C12H10ClN3O3S. The molecule has 0 fully saturated rings. The second-order valence-corrected chi connectivity index (χ2v) is 6.27. The Morgan fingerprint density at radius 1 is 1.30 bits per heavy atom. The molecule has 1 aromatic carbocycles. The molecule has 0 spiro atoms. The molecule has 0 atom stereocenters. The summed E-state index contributed by atoms with van der Waals surface area (Å²) in [5, 5.41) is 0.118. The summed E-state index contributed by atoms with van der Waals surface area (Å²) in [7, 11) is -3.72. The van der Waals surface area contributed by atoms with Crippen LogP contribution in [-0.2, 0) is 16.4 Å². The Morgan fingerprint density at radius 3 is 2.95 bits per heavy atom. The number of hydrogen-bond acceptors (Lipinski definition) is 5. The zero-order valence-electron chi connectivity index (χ0n) is 10.2. The maximum atomic E-state index is 12.2. The first kappa shape index (κ1) is 13.1. The number of sulfonamides is 1. The van der Waals surface area contributed by atoms with Gasteiger partial charge in [0.05, 0.1) is 23.9 Å². The van der Waals surface area contributed by atoms with E-state index in [0.717, 1.165) is 11.3 Å². The predicted octanol–water partition coefficient (Wildman–Crippen LogP) is 1.87. The molecule has 8 heteroatoms. The van der Waals surface area contributed by atoms with E-state index in [0.29, 0.717) is 13.0 Å². The molecule has 2 aromatic rings. The first-order valence-electron chi connectivity index (χ1n) is 5.81. The molecule has 0 aliphatic carbocycles. The van der Waals surface area contributed by atoms with Gasteiger partial charge in [-0.15, -0.1) is 0 Å². The fraction of sp³-hybridized carbons (Fsp3) is 0.167. The molecule has 2 heterocycles. The van der Waals surface area contributed by atoms with Crippen molar-refractivity contribution in [2.75, 3.05) is 11.3 Å². The van der Waals surface area contributed by atoms with Gasteiger partial charge < -0.3 is 4.74 Å². The number of nitrogens with one attached hydrogen (secondary N) is 1. The third-order valence-corrected chi connectivity index (χ3v) is 4.35. The molecule has 20 heavy (non-hydrogen) atoms. The van der Waals surface area contributed by atoms with Gasteiger partial charge in [0.25, 0.3) is 10.0 Å². The van der Waals surface area contributed by atoms with Crippen LogP contribution < -0.4 is 9.46 Å². The van der Waals surface area contributed by atoms with Crippen molar-refractivity contribution < 1.29 is 13.2 Å². The summed E-state index contributed by atoms with van der Waals surface area (Å²) in [5.41, 5.74) is 0.880. The van der Waals surface area contributed by atoms with Gasteiger partial charge in [-0.05, 0) is 23.8 Å². The number of hydrogen-bond donors (Lipinski definition) is 1. The maximum absolute atomic E-state index is 12.2. The molecule has 0 bridgehead atoms. The van der Waals surface area contributed by atoms with E-state index < -0.39 is 10.0 Å². The highest BCUT2D eigenvalue weighted by atomic mass is 35.5. The van der Waals surface area contributed by atoms with E-state index in [9.17, 15) is 8.42 Å². The number of halogens is 1. The zero-order chi connectivity index (χ0) is 14.2. The fourth-order valence-electron chi connectivity index (χ4n) is 1.92. The standard InChI is InChI=1S/C12H10ClN3O3S/c13-11-6-14-7-12(15-11)16-20(17,18)9-1-2-10-8(5-9)3-4-19-10/h1-2,5-7H,3-4H2,(H,15,16). The van der Waals surface area contributed by atoms with Gasteiger partial charge in [-0.2, -0.15) is 0 Å². The van der Waals surface area contributed by atoms with Crippen LogP contribution in [0, 0.1) is 0 Å².